The third-order valence-electron chi connectivity index (χ3n) is 4.17. The Balaban J connectivity index is 1.33. The van der Waals surface area contributed by atoms with Crippen LogP contribution in [0, 0.1) is 0 Å². The van der Waals surface area contributed by atoms with Gasteiger partial charge in [-0.25, -0.2) is 9.67 Å². The Bertz CT molecular complexity index is 1210. The molecule has 2 aromatic heterocycles. The van der Waals surface area contributed by atoms with Crippen LogP contribution in [0.2, 0.25) is 10.0 Å². The van der Waals surface area contributed by atoms with Crippen molar-refractivity contribution >= 4 is 51.0 Å². The third-order valence-corrected chi connectivity index (χ3v) is 5.44. The van der Waals surface area contributed by atoms with Gasteiger partial charge in [-0.1, -0.05) is 45.2 Å². The molecule has 31 heavy (non-hydrogen) atoms. The van der Waals surface area contributed by atoms with Gasteiger partial charge in [0.15, 0.2) is 5.76 Å². The molecule has 2 heterocycles. The lowest BCUT2D eigenvalue weighted by atomic mass is 10.2. The van der Waals surface area contributed by atoms with Gasteiger partial charge in [-0.15, -0.1) is 5.10 Å². The van der Waals surface area contributed by atoms with E-state index in [1.807, 2.05) is 30.3 Å². The summed E-state index contributed by atoms with van der Waals surface area (Å²) in [5, 5.41) is 7.80. The summed E-state index contributed by atoms with van der Waals surface area (Å²) in [5.74, 6) is 1.06. The fraction of sp³-hybridized carbons (Fsp3) is 0.0952. The lowest BCUT2D eigenvalue weighted by molar-refractivity contribution is 0.0991. The fourth-order valence-corrected chi connectivity index (χ4v) is 3.26. The van der Waals surface area contributed by atoms with Crippen LogP contribution < -0.4 is 10.1 Å². The number of amides is 1. The van der Waals surface area contributed by atoms with Gasteiger partial charge in [-0.3, -0.25) is 10.1 Å². The van der Waals surface area contributed by atoms with Crippen LogP contribution in [0.4, 0.5) is 5.95 Å². The van der Waals surface area contributed by atoms with E-state index in [2.05, 4.69) is 31.3 Å². The molecule has 1 N–H and O–H groups in total. The molecule has 158 valence electrons. The van der Waals surface area contributed by atoms with Crippen LogP contribution in [0.25, 0.3) is 0 Å². The van der Waals surface area contributed by atoms with Crippen molar-refractivity contribution in [3.63, 3.8) is 0 Å². The molecule has 0 fully saturated rings. The Morgan fingerprint density at radius 2 is 1.90 bits per heavy atom. The van der Waals surface area contributed by atoms with Crippen LogP contribution in [0.3, 0.4) is 0 Å². The van der Waals surface area contributed by atoms with Gasteiger partial charge in [0.05, 0.1) is 16.6 Å². The number of hydrogen-bond donors (Lipinski definition) is 1. The minimum Gasteiger partial charge on any atom is -0.486 e. The molecule has 0 saturated carbocycles. The quantitative estimate of drug-likeness (QED) is 0.331. The molecular formula is C21H15BrCl2N4O3. The summed E-state index contributed by atoms with van der Waals surface area (Å²) in [5.41, 5.74) is 0.902. The first-order chi connectivity index (χ1) is 15.0. The van der Waals surface area contributed by atoms with Crippen molar-refractivity contribution in [2.45, 2.75) is 13.2 Å². The highest BCUT2D eigenvalue weighted by Gasteiger charge is 2.14. The topological polar surface area (TPSA) is 82.2 Å². The van der Waals surface area contributed by atoms with E-state index in [0.717, 1.165) is 10.0 Å². The zero-order valence-corrected chi connectivity index (χ0v) is 19.0. The normalized spacial score (nSPS) is 10.8. The van der Waals surface area contributed by atoms with E-state index in [1.165, 1.54) is 6.33 Å². The molecule has 0 aliphatic carbocycles. The average molecular weight is 522 g/mol. The number of ether oxygens (including phenoxy) is 1. The number of carbonyl (C=O) groups is 1. The molecule has 2 aromatic carbocycles. The predicted octanol–water partition coefficient (Wildman–Crippen LogP) is 5.82. The molecule has 4 aromatic rings. The van der Waals surface area contributed by atoms with E-state index in [1.54, 1.807) is 28.9 Å². The Morgan fingerprint density at radius 1 is 1.10 bits per heavy atom. The highest BCUT2D eigenvalue weighted by Crippen LogP contribution is 2.23. The second-order valence-corrected chi connectivity index (χ2v) is 8.21. The minimum atomic E-state index is -0.456. The molecule has 0 spiro atoms. The largest absolute Gasteiger partial charge is 0.486 e. The van der Waals surface area contributed by atoms with Crippen molar-refractivity contribution in [1.82, 2.24) is 14.8 Å². The van der Waals surface area contributed by atoms with Crippen LogP contribution >= 0.6 is 39.1 Å². The predicted molar refractivity (Wildman–Crippen MR) is 121 cm³/mol. The molecule has 0 aliphatic heterocycles. The van der Waals surface area contributed by atoms with Gasteiger partial charge in [-0.05, 0) is 54.1 Å². The highest BCUT2D eigenvalue weighted by molar-refractivity contribution is 9.10. The van der Waals surface area contributed by atoms with E-state index in [-0.39, 0.29) is 18.3 Å². The van der Waals surface area contributed by atoms with Gasteiger partial charge in [0.1, 0.15) is 24.4 Å². The SMILES string of the molecule is O=C(Nc1ncn(Cc2ccc(Cl)c(Cl)c2)n1)c1ccc(COc2ccc(Br)cc2)o1. The molecule has 0 atom stereocenters. The molecule has 1 amide bonds. The van der Waals surface area contributed by atoms with Crippen LogP contribution in [0.5, 0.6) is 5.75 Å². The molecule has 7 nitrogen and oxygen atoms in total. The van der Waals surface area contributed by atoms with E-state index in [4.69, 9.17) is 32.4 Å². The number of aromatic nitrogens is 3. The molecule has 4 rings (SSSR count). The Morgan fingerprint density at radius 3 is 2.68 bits per heavy atom. The van der Waals surface area contributed by atoms with Gasteiger partial charge in [-0.2, -0.15) is 0 Å². The smallest absolute Gasteiger partial charge is 0.293 e. The maximum atomic E-state index is 12.4. The number of furan rings is 1. The van der Waals surface area contributed by atoms with Crippen molar-refractivity contribution in [3.8, 4) is 5.75 Å². The lowest BCUT2D eigenvalue weighted by Crippen LogP contribution is -2.12. The first kappa shape index (κ1) is 21.4. The monoisotopic (exact) mass is 520 g/mol. The zero-order chi connectivity index (χ0) is 21.8. The Hall–Kier alpha value is -2.81. The van der Waals surface area contributed by atoms with Gasteiger partial charge in [0.2, 0.25) is 5.95 Å². The number of anilines is 1. The van der Waals surface area contributed by atoms with E-state index in [0.29, 0.717) is 28.1 Å². The summed E-state index contributed by atoms with van der Waals surface area (Å²) in [7, 11) is 0. The minimum absolute atomic E-state index is 0.134. The maximum Gasteiger partial charge on any atom is 0.293 e. The molecule has 0 radical (unpaired) electrons. The van der Waals surface area contributed by atoms with Crippen LogP contribution in [0.15, 0.2) is 69.8 Å². The molecule has 0 unspecified atom stereocenters. The zero-order valence-electron chi connectivity index (χ0n) is 15.9. The summed E-state index contributed by atoms with van der Waals surface area (Å²) in [4.78, 5) is 16.5. The third kappa shape index (κ3) is 5.66. The highest BCUT2D eigenvalue weighted by atomic mass is 79.9. The number of nitrogens with zero attached hydrogens (tertiary/aromatic N) is 3. The Kier molecular flexibility index (Phi) is 6.60. The number of halogens is 3. The fourth-order valence-electron chi connectivity index (χ4n) is 2.68. The number of benzene rings is 2. The van der Waals surface area contributed by atoms with Crippen molar-refractivity contribution in [2.75, 3.05) is 5.32 Å². The number of rotatable bonds is 7. The van der Waals surface area contributed by atoms with Crippen LogP contribution in [0.1, 0.15) is 21.9 Å². The Labute approximate surface area is 196 Å². The molecule has 0 aliphatic rings. The number of nitrogens with one attached hydrogen (secondary N) is 1. The molecular weight excluding hydrogens is 507 g/mol. The molecule has 0 saturated heterocycles. The number of carbonyl (C=O) groups excluding carboxylic acids is 1. The van der Waals surface area contributed by atoms with Crippen molar-refractivity contribution in [2.24, 2.45) is 0 Å². The summed E-state index contributed by atoms with van der Waals surface area (Å²) < 4.78 is 13.7. The van der Waals surface area contributed by atoms with Gasteiger partial charge < -0.3 is 9.15 Å². The van der Waals surface area contributed by atoms with Crippen LogP contribution in [-0.2, 0) is 13.2 Å². The molecule has 0 bridgehead atoms. The van der Waals surface area contributed by atoms with E-state index >= 15 is 0 Å². The second-order valence-electron chi connectivity index (χ2n) is 6.48. The first-order valence-corrected chi connectivity index (χ1v) is 10.6. The van der Waals surface area contributed by atoms with Crippen molar-refractivity contribution in [3.05, 3.63) is 92.5 Å². The van der Waals surface area contributed by atoms with E-state index in [9.17, 15) is 4.79 Å². The summed E-state index contributed by atoms with van der Waals surface area (Å²) >= 11 is 15.3. The van der Waals surface area contributed by atoms with Gasteiger partial charge in [0, 0.05) is 4.47 Å². The van der Waals surface area contributed by atoms with Gasteiger partial charge >= 0.3 is 0 Å². The maximum absolute atomic E-state index is 12.4. The summed E-state index contributed by atoms with van der Waals surface area (Å²) in [6.07, 6.45) is 1.51. The second kappa shape index (κ2) is 9.55. The van der Waals surface area contributed by atoms with Crippen LogP contribution in [-0.4, -0.2) is 20.7 Å². The molecule has 10 heteroatoms. The first-order valence-electron chi connectivity index (χ1n) is 9.08. The standard InChI is InChI=1S/C21H15BrCl2N4O3/c22-14-2-4-15(5-3-14)30-11-16-6-8-19(31-16)20(29)26-21-25-12-28(27-21)10-13-1-7-17(23)18(24)9-13/h1-9,12H,10-11H2,(H,26,27,29). The van der Waals surface area contributed by atoms with E-state index < -0.39 is 5.91 Å². The lowest BCUT2D eigenvalue weighted by Gasteiger charge is -2.04. The number of hydrogen-bond acceptors (Lipinski definition) is 5. The average Bonchev–Trinajstić information content (AvgIpc) is 3.40. The van der Waals surface area contributed by atoms with Crippen molar-refractivity contribution < 1.29 is 13.9 Å². The van der Waals surface area contributed by atoms with Gasteiger partial charge in [0.25, 0.3) is 5.91 Å². The summed E-state index contributed by atoms with van der Waals surface area (Å²) in [6, 6.07) is 16.0. The van der Waals surface area contributed by atoms with Crippen molar-refractivity contribution in [1.29, 1.82) is 0 Å². The summed E-state index contributed by atoms with van der Waals surface area (Å²) in [6.45, 7) is 0.628.